The smallest absolute Gasteiger partial charge is 0.384 e. The first kappa shape index (κ1) is 32.4. The van der Waals surface area contributed by atoms with Crippen LogP contribution >= 0.6 is 0 Å². The molecule has 0 spiro atoms. The lowest BCUT2D eigenvalue weighted by atomic mass is 9.64. The second-order valence-corrected chi connectivity index (χ2v) is 11.3. The lowest BCUT2D eigenvalue weighted by Crippen LogP contribution is -2.40. The molecule has 11 heteroatoms. The minimum Gasteiger partial charge on any atom is -0.497 e. The van der Waals surface area contributed by atoms with Crippen LogP contribution in [0.25, 0.3) is 0 Å². The van der Waals surface area contributed by atoms with Gasteiger partial charge >= 0.3 is 17.9 Å². The maximum Gasteiger partial charge on any atom is 0.384 e. The Morgan fingerprint density at radius 3 is 2.38 bits per heavy atom. The Kier molecular flexibility index (Phi) is 9.22. The van der Waals surface area contributed by atoms with Crippen LogP contribution in [0.4, 0.5) is 0 Å². The van der Waals surface area contributed by atoms with E-state index in [1.54, 1.807) is 48.5 Å². The van der Waals surface area contributed by atoms with E-state index in [1.165, 1.54) is 32.4 Å². The Bertz CT molecular complexity index is 1840. The molecule has 1 aliphatic carbocycles. The highest BCUT2D eigenvalue weighted by Crippen LogP contribution is 2.57. The largest absolute Gasteiger partial charge is 0.497 e. The minimum atomic E-state index is -1.70. The van der Waals surface area contributed by atoms with Crippen molar-refractivity contribution >= 4 is 17.9 Å². The molecule has 3 unspecified atom stereocenters. The first-order valence-electron chi connectivity index (χ1n) is 15.4. The quantitative estimate of drug-likeness (QED) is 0.117. The average molecular weight is 655 g/mol. The molecule has 0 saturated carbocycles. The van der Waals surface area contributed by atoms with Gasteiger partial charge in [-0.25, -0.2) is 9.59 Å². The first-order valence-corrected chi connectivity index (χ1v) is 15.4. The van der Waals surface area contributed by atoms with Crippen molar-refractivity contribution in [2.24, 2.45) is 5.92 Å². The SMILES string of the molecule is CCCOc1ccc2c(c1)CC(C(=O)O)C2(c1ccc2c(c1)OCO2)c1ccc(OC)cc1OC(OC)C(=O)OC(=O)c1ccccc1. The number of carboxylic acids is 1. The van der Waals surface area contributed by atoms with E-state index in [2.05, 4.69) is 0 Å². The molecule has 0 bridgehead atoms. The maximum atomic E-state index is 13.3. The Morgan fingerprint density at radius 1 is 0.896 bits per heavy atom. The molecule has 0 saturated heterocycles. The monoisotopic (exact) mass is 654 g/mol. The number of hydrogen-bond acceptors (Lipinski definition) is 10. The summed E-state index contributed by atoms with van der Waals surface area (Å²) >= 11 is 0. The molecule has 48 heavy (non-hydrogen) atoms. The van der Waals surface area contributed by atoms with Gasteiger partial charge in [0.15, 0.2) is 11.5 Å². The van der Waals surface area contributed by atoms with E-state index in [1.807, 2.05) is 25.1 Å². The van der Waals surface area contributed by atoms with Gasteiger partial charge in [0, 0.05) is 18.7 Å². The Labute approximate surface area is 276 Å². The molecule has 1 aliphatic heterocycles. The van der Waals surface area contributed by atoms with Crippen LogP contribution in [-0.2, 0) is 30.9 Å². The highest BCUT2D eigenvalue weighted by Gasteiger charge is 2.55. The molecule has 4 aromatic rings. The van der Waals surface area contributed by atoms with Gasteiger partial charge < -0.3 is 38.3 Å². The van der Waals surface area contributed by atoms with E-state index in [0.29, 0.717) is 46.3 Å². The van der Waals surface area contributed by atoms with Crippen molar-refractivity contribution in [1.29, 1.82) is 0 Å². The average Bonchev–Trinajstić information content (AvgIpc) is 3.72. The zero-order chi connectivity index (χ0) is 33.8. The standard InChI is InChI=1S/C37H34O11/c1-4-16-44-26-12-13-27-23(17-26)18-29(33(38)39)37(27,24-10-15-30-32(19-24)46-21-45-30)28-14-11-25(42-2)20-31(28)47-36(43-3)35(41)48-34(40)22-8-6-5-7-9-22/h5-15,17,19-20,29,36H,4,16,18,21H2,1-3H3,(H,38,39). The predicted molar refractivity (Wildman–Crippen MR) is 171 cm³/mol. The summed E-state index contributed by atoms with van der Waals surface area (Å²) in [6, 6.07) is 23.8. The van der Waals surface area contributed by atoms with E-state index in [9.17, 15) is 19.5 Å². The molecule has 0 aromatic heterocycles. The second-order valence-electron chi connectivity index (χ2n) is 11.3. The molecular weight excluding hydrogens is 620 g/mol. The van der Waals surface area contributed by atoms with Gasteiger partial charge in [-0.2, -0.15) is 0 Å². The number of benzene rings is 4. The third kappa shape index (κ3) is 5.88. The lowest BCUT2D eigenvalue weighted by Gasteiger charge is -2.37. The zero-order valence-corrected chi connectivity index (χ0v) is 26.6. The highest BCUT2D eigenvalue weighted by molar-refractivity contribution is 5.97. The zero-order valence-electron chi connectivity index (χ0n) is 26.6. The van der Waals surface area contributed by atoms with Crippen molar-refractivity contribution in [2.45, 2.75) is 31.5 Å². The summed E-state index contributed by atoms with van der Waals surface area (Å²) in [5, 5.41) is 10.9. The molecule has 11 nitrogen and oxygen atoms in total. The number of carbonyl (C=O) groups is 3. The van der Waals surface area contributed by atoms with Gasteiger partial charge in [0.1, 0.15) is 17.2 Å². The third-order valence-electron chi connectivity index (χ3n) is 8.50. The number of esters is 2. The first-order chi connectivity index (χ1) is 23.3. The van der Waals surface area contributed by atoms with E-state index in [4.69, 9.17) is 33.2 Å². The van der Waals surface area contributed by atoms with E-state index >= 15 is 0 Å². The number of fused-ring (bicyclic) bond motifs is 2. The summed E-state index contributed by atoms with van der Waals surface area (Å²) < 4.78 is 39.4. The van der Waals surface area contributed by atoms with Crippen molar-refractivity contribution in [1.82, 2.24) is 0 Å². The summed E-state index contributed by atoms with van der Waals surface area (Å²) in [7, 11) is 2.70. The minimum absolute atomic E-state index is 0.0269. The van der Waals surface area contributed by atoms with Crippen molar-refractivity contribution in [2.75, 3.05) is 27.6 Å². The summed E-state index contributed by atoms with van der Waals surface area (Å²) in [6.07, 6.45) is -0.732. The van der Waals surface area contributed by atoms with Crippen LogP contribution in [0.15, 0.2) is 84.9 Å². The van der Waals surface area contributed by atoms with Crippen LogP contribution in [0.1, 0.15) is 46.0 Å². The van der Waals surface area contributed by atoms with E-state index in [-0.39, 0.29) is 24.5 Å². The van der Waals surface area contributed by atoms with E-state index < -0.39 is 35.5 Å². The van der Waals surface area contributed by atoms with Crippen LogP contribution < -0.4 is 23.7 Å². The molecule has 1 N–H and O–H groups in total. The molecule has 0 radical (unpaired) electrons. The molecule has 0 amide bonds. The van der Waals surface area contributed by atoms with Gasteiger partial charge in [-0.05, 0) is 72.0 Å². The summed E-state index contributed by atoms with van der Waals surface area (Å²) in [5.74, 6) is -2.03. The molecule has 1 heterocycles. The molecule has 248 valence electrons. The van der Waals surface area contributed by atoms with Crippen LogP contribution in [-0.4, -0.2) is 56.9 Å². The number of ether oxygens (including phenoxy) is 7. The van der Waals surface area contributed by atoms with Crippen molar-refractivity contribution in [3.8, 4) is 28.7 Å². The number of carboxylic acid groups (broad SMARTS) is 1. The van der Waals surface area contributed by atoms with Gasteiger partial charge in [0.2, 0.25) is 6.79 Å². The summed E-state index contributed by atoms with van der Waals surface area (Å²) in [6.45, 7) is 2.54. The number of aliphatic carboxylic acids is 1. The van der Waals surface area contributed by atoms with Crippen LogP contribution in [0.2, 0.25) is 0 Å². The molecular formula is C37H34O11. The third-order valence-corrected chi connectivity index (χ3v) is 8.50. The molecule has 3 atom stereocenters. The fourth-order valence-corrected chi connectivity index (χ4v) is 6.39. The number of hydrogen-bond donors (Lipinski definition) is 1. The number of methoxy groups -OCH3 is 2. The summed E-state index contributed by atoms with van der Waals surface area (Å²) in [5.41, 5.74) is 1.24. The van der Waals surface area contributed by atoms with Crippen molar-refractivity contribution < 1.29 is 52.6 Å². The summed E-state index contributed by atoms with van der Waals surface area (Å²) in [4.78, 5) is 39.3. The Balaban J connectivity index is 1.51. The second kappa shape index (κ2) is 13.7. The Hall–Kier alpha value is -5.55. The van der Waals surface area contributed by atoms with Crippen LogP contribution in [0.5, 0.6) is 28.7 Å². The predicted octanol–water partition coefficient (Wildman–Crippen LogP) is 5.54. The lowest BCUT2D eigenvalue weighted by molar-refractivity contribution is -0.167. The molecule has 6 rings (SSSR count). The van der Waals surface area contributed by atoms with Crippen LogP contribution in [0.3, 0.4) is 0 Å². The molecule has 4 aromatic carbocycles. The van der Waals surface area contributed by atoms with Gasteiger partial charge in [-0.1, -0.05) is 43.3 Å². The fraction of sp³-hybridized carbons (Fsp3) is 0.270. The fourth-order valence-electron chi connectivity index (χ4n) is 6.39. The maximum absolute atomic E-state index is 13.3. The van der Waals surface area contributed by atoms with Crippen molar-refractivity contribution in [3.05, 3.63) is 113 Å². The Morgan fingerprint density at radius 2 is 1.65 bits per heavy atom. The van der Waals surface area contributed by atoms with E-state index in [0.717, 1.165) is 12.0 Å². The topological polar surface area (TPSA) is 136 Å². The van der Waals surface area contributed by atoms with Crippen molar-refractivity contribution in [3.63, 3.8) is 0 Å². The van der Waals surface area contributed by atoms with Gasteiger partial charge in [0.05, 0.1) is 30.6 Å². The molecule has 0 fully saturated rings. The van der Waals surface area contributed by atoms with Gasteiger partial charge in [-0.15, -0.1) is 0 Å². The van der Waals surface area contributed by atoms with Crippen LogP contribution in [0, 0.1) is 5.92 Å². The number of carbonyl (C=O) groups excluding carboxylic acids is 2. The number of rotatable bonds is 12. The normalized spacial score (nSPS) is 18.0. The molecule has 2 aliphatic rings. The highest BCUT2D eigenvalue weighted by atomic mass is 16.7. The van der Waals surface area contributed by atoms with Gasteiger partial charge in [0.25, 0.3) is 6.29 Å². The van der Waals surface area contributed by atoms with Gasteiger partial charge in [-0.3, -0.25) is 4.79 Å².